The molecule has 0 fully saturated rings. The van der Waals surface area contributed by atoms with Gasteiger partial charge in [-0.2, -0.15) is 0 Å². The Hall–Kier alpha value is -2.26. The van der Waals surface area contributed by atoms with Crippen LogP contribution >= 0.6 is 0 Å². The van der Waals surface area contributed by atoms with E-state index < -0.39 is 21.7 Å². The van der Waals surface area contributed by atoms with Crippen molar-refractivity contribution in [2.45, 2.75) is 11.3 Å². The van der Waals surface area contributed by atoms with Crippen LogP contribution in [0.1, 0.15) is 5.69 Å². The molecule has 3 N–H and O–H groups in total. The molecule has 7 nitrogen and oxygen atoms in total. The lowest BCUT2D eigenvalue weighted by atomic mass is 10.3. The number of pyridine rings is 1. The summed E-state index contributed by atoms with van der Waals surface area (Å²) in [5, 5.41) is 7.49. The fourth-order valence-electron chi connectivity index (χ4n) is 1.76. The first-order chi connectivity index (χ1) is 9.75. The summed E-state index contributed by atoms with van der Waals surface area (Å²) in [5.41, 5.74) is 0.682. The van der Waals surface area contributed by atoms with Gasteiger partial charge in [0.15, 0.2) is 0 Å². The van der Waals surface area contributed by atoms with Crippen molar-refractivity contribution in [2.75, 3.05) is 5.32 Å². The van der Waals surface area contributed by atoms with Crippen molar-refractivity contribution < 1.29 is 17.6 Å². The lowest BCUT2D eigenvalue weighted by Crippen LogP contribution is -2.16. The summed E-state index contributed by atoms with van der Waals surface area (Å²) in [6.45, 7) is 0. The Morgan fingerprint density at radius 3 is 2.71 bits per heavy atom. The Labute approximate surface area is 120 Å². The van der Waals surface area contributed by atoms with Gasteiger partial charge in [0, 0.05) is 25.0 Å². The molecule has 2 heterocycles. The molecule has 0 saturated carbocycles. The van der Waals surface area contributed by atoms with Crippen molar-refractivity contribution >= 4 is 21.6 Å². The van der Waals surface area contributed by atoms with Crippen molar-refractivity contribution in [1.29, 1.82) is 0 Å². The molecule has 2 aromatic heterocycles. The Bertz CT molecular complexity index is 786. The van der Waals surface area contributed by atoms with Crippen LogP contribution in [-0.2, 0) is 28.3 Å². The molecular formula is C12H13FN4O3S. The number of aromatic nitrogens is 2. The summed E-state index contributed by atoms with van der Waals surface area (Å²) < 4.78 is 36.9. The average Bonchev–Trinajstić information content (AvgIpc) is 2.70. The van der Waals surface area contributed by atoms with Gasteiger partial charge in [0.1, 0.15) is 5.82 Å². The number of sulfonamides is 1. The third kappa shape index (κ3) is 3.86. The maximum Gasteiger partial charge on any atom is 0.239 e. The van der Waals surface area contributed by atoms with Crippen molar-refractivity contribution in [3.63, 3.8) is 0 Å². The summed E-state index contributed by atoms with van der Waals surface area (Å²) in [6, 6.07) is 2.45. The van der Waals surface area contributed by atoms with Gasteiger partial charge in [-0.15, -0.1) is 0 Å². The molecule has 2 aromatic rings. The molecule has 9 heteroatoms. The zero-order valence-corrected chi connectivity index (χ0v) is 11.9. The summed E-state index contributed by atoms with van der Waals surface area (Å²) >= 11 is 0. The van der Waals surface area contributed by atoms with E-state index >= 15 is 0 Å². The number of aryl methyl sites for hydroxylation is 1. The number of carbonyl (C=O) groups is 1. The van der Waals surface area contributed by atoms with Crippen molar-refractivity contribution in [3.05, 3.63) is 42.2 Å². The van der Waals surface area contributed by atoms with E-state index in [9.17, 15) is 17.6 Å². The number of hydrogen-bond acceptors (Lipinski definition) is 4. The minimum Gasteiger partial charge on any atom is -0.353 e. The highest BCUT2D eigenvalue weighted by Crippen LogP contribution is 2.13. The molecule has 0 bridgehead atoms. The highest BCUT2D eigenvalue weighted by molar-refractivity contribution is 7.89. The van der Waals surface area contributed by atoms with Crippen LogP contribution in [0, 0.1) is 5.82 Å². The third-order valence-electron chi connectivity index (χ3n) is 2.74. The van der Waals surface area contributed by atoms with Crippen LogP contribution in [0.25, 0.3) is 0 Å². The number of primary sulfonamides is 1. The van der Waals surface area contributed by atoms with Crippen LogP contribution < -0.4 is 10.5 Å². The summed E-state index contributed by atoms with van der Waals surface area (Å²) in [5.74, 6) is -0.993. The Balaban J connectivity index is 2.11. The molecule has 0 saturated heterocycles. The predicted molar refractivity (Wildman–Crippen MR) is 73.3 cm³/mol. The fraction of sp³-hybridized carbons (Fsp3) is 0.167. The van der Waals surface area contributed by atoms with Crippen LogP contribution in [0.2, 0.25) is 0 Å². The van der Waals surface area contributed by atoms with E-state index in [1.807, 2.05) is 0 Å². The molecule has 0 spiro atoms. The third-order valence-corrected chi connectivity index (χ3v) is 3.62. The van der Waals surface area contributed by atoms with Gasteiger partial charge < -0.3 is 9.88 Å². The lowest BCUT2D eigenvalue weighted by molar-refractivity contribution is -0.115. The number of hydrogen-bond donors (Lipinski definition) is 2. The van der Waals surface area contributed by atoms with Crippen LogP contribution in [0.4, 0.5) is 10.1 Å². The highest BCUT2D eigenvalue weighted by atomic mass is 32.2. The number of nitrogens with one attached hydrogen (secondary N) is 1. The second-order valence-corrected chi connectivity index (χ2v) is 6.00. The van der Waals surface area contributed by atoms with Crippen molar-refractivity contribution in [3.8, 4) is 0 Å². The molecule has 0 atom stereocenters. The number of amides is 1. The molecule has 2 rings (SSSR count). The average molecular weight is 312 g/mol. The van der Waals surface area contributed by atoms with E-state index in [2.05, 4.69) is 10.3 Å². The first kappa shape index (κ1) is 15.1. The second kappa shape index (κ2) is 5.62. The maximum atomic E-state index is 12.9. The maximum absolute atomic E-state index is 12.9. The highest BCUT2D eigenvalue weighted by Gasteiger charge is 2.15. The topological polar surface area (TPSA) is 107 Å². The number of nitrogens with zero attached hydrogens (tertiary/aromatic N) is 2. The van der Waals surface area contributed by atoms with Gasteiger partial charge in [-0.05, 0) is 6.07 Å². The molecule has 1 amide bonds. The molecule has 112 valence electrons. The van der Waals surface area contributed by atoms with E-state index in [1.54, 1.807) is 7.05 Å². The van der Waals surface area contributed by atoms with Gasteiger partial charge in [0.25, 0.3) is 0 Å². The number of nitrogens with two attached hydrogens (primary N) is 1. The Kier molecular flexibility index (Phi) is 4.05. The van der Waals surface area contributed by atoms with E-state index in [0.29, 0.717) is 5.69 Å². The Morgan fingerprint density at radius 1 is 1.43 bits per heavy atom. The van der Waals surface area contributed by atoms with Gasteiger partial charge >= 0.3 is 0 Å². The largest absolute Gasteiger partial charge is 0.353 e. The summed E-state index contributed by atoms with van der Waals surface area (Å²) in [4.78, 5) is 15.4. The van der Waals surface area contributed by atoms with Gasteiger partial charge in [0.2, 0.25) is 15.9 Å². The fourth-order valence-corrected chi connectivity index (χ4v) is 2.36. The molecule has 0 aliphatic rings. The number of halogens is 1. The van der Waals surface area contributed by atoms with Crippen molar-refractivity contribution in [1.82, 2.24) is 9.55 Å². The number of rotatable bonds is 4. The van der Waals surface area contributed by atoms with Crippen LogP contribution in [0.3, 0.4) is 0 Å². The summed E-state index contributed by atoms with van der Waals surface area (Å²) in [6.07, 6.45) is 3.57. The van der Waals surface area contributed by atoms with E-state index in [0.717, 1.165) is 12.3 Å². The summed E-state index contributed by atoms with van der Waals surface area (Å²) in [7, 11) is -2.22. The zero-order chi connectivity index (χ0) is 15.6. The molecule has 0 unspecified atom stereocenters. The normalized spacial score (nSPS) is 11.4. The number of carbonyl (C=O) groups excluding carboxylic acids is 1. The van der Waals surface area contributed by atoms with Gasteiger partial charge in [-0.25, -0.2) is 17.9 Å². The molecule has 0 aromatic carbocycles. The minimum atomic E-state index is -3.82. The first-order valence-electron chi connectivity index (χ1n) is 5.84. The monoisotopic (exact) mass is 312 g/mol. The molecule has 0 aliphatic heterocycles. The first-order valence-corrected chi connectivity index (χ1v) is 7.39. The molecule has 21 heavy (non-hydrogen) atoms. The quantitative estimate of drug-likeness (QED) is 0.851. The number of anilines is 1. The predicted octanol–water partition coefficient (Wildman–Crippen LogP) is 0.388. The van der Waals surface area contributed by atoms with Gasteiger partial charge in [0.05, 0.1) is 29.4 Å². The van der Waals surface area contributed by atoms with E-state index in [4.69, 9.17) is 5.14 Å². The standard InChI is InChI=1S/C12H13FN4O3S/c1-17-7-11(21(14,19)20)3-10(17)4-12(18)16-9-2-8(13)5-15-6-9/h2-3,5-7H,4H2,1H3,(H,16,18)(H2,14,19,20). The van der Waals surface area contributed by atoms with E-state index in [1.165, 1.54) is 23.0 Å². The molecular weight excluding hydrogens is 299 g/mol. The smallest absolute Gasteiger partial charge is 0.239 e. The second-order valence-electron chi connectivity index (χ2n) is 4.44. The molecule has 0 aliphatic carbocycles. The minimum absolute atomic E-state index is 0.0692. The molecule has 0 radical (unpaired) electrons. The van der Waals surface area contributed by atoms with Crippen molar-refractivity contribution in [2.24, 2.45) is 12.2 Å². The lowest BCUT2D eigenvalue weighted by Gasteiger charge is -2.05. The zero-order valence-electron chi connectivity index (χ0n) is 11.1. The van der Waals surface area contributed by atoms with Crippen LogP contribution in [0.5, 0.6) is 0 Å². The van der Waals surface area contributed by atoms with Crippen LogP contribution in [0.15, 0.2) is 35.6 Å². The van der Waals surface area contributed by atoms with Gasteiger partial charge in [-0.1, -0.05) is 0 Å². The van der Waals surface area contributed by atoms with Gasteiger partial charge in [-0.3, -0.25) is 9.78 Å². The Morgan fingerprint density at radius 2 is 2.14 bits per heavy atom. The van der Waals surface area contributed by atoms with Crippen LogP contribution in [-0.4, -0.2) is 23.9 Å². The SMILES string of the molecule is Cn1cc(S(N)(=O)=O)cc1CC(=O)Nc1cncc(F)c1. The van der Waals surface area contributed by atoms with E-state index in [-0.39, 0.29) is 17.0 Å².